The van der Waals surface area contributed by atoms with Crippen molar-refractivity contribution < 1.29 is 27.0 Å². The maximum absolute atomic E-state index is 12.5. The molecule has 4 aromatic heterocycles. The van der Waals surface area contributed by atoms with Crippen LogP contribution in [-0.4, -0.2) is 43.5 Å². The summed E-state index contributed by atoms with van der Waals surface area (Å²) in [6, 6.07) is 8.40. The molecule has 16 bridgehead atoms. The van der Waals surface area contributed by atoms with Crippen molar-refractivity contribution in [2.75, 3.05) is 0 Å². The summed E-state index contributed by atoms with van der Waals surface area (Å²) in [4.78, 5) is 52.8. The van der Waals surface area contributed by atoms with Crippen LogP contribution >= 0.6 is 0 Å². The Kier molecular flexibility index (Phi) is 23.7. The molecule has 0 fully saturated rings. The van der Waals surface area contributed by atoms with Gasteiger partial charge in [-0.2, -0.15) is 0 Å². The molecule has 6 aliphatic rings. The van der Waals surface area contributed by atoms with Crippen LogP contribution in [0.25, 0.3) is 63.8 Å². The number of carbonyl (C=O) groups is 1. The first-order valence-corrected chi connectivity index (χ1v) is 32.3. The number of rotatable bonds is 25. The van der Waals surface area contributed by atoms with Gasteiger partial charge in [-0.05, 0) is 197 Å². The minimum atomic E-state index is 0. The Labute approximate surface area is 516 Å². The van der Waals surface area contributed by atoms with E-state index in [2.05, 4.69) is 139 Å². The fourth-order valence-electron chi connectivity index (χ4n) is 12.0. The number of aliphatic hydroxyl groups excluding tert-OH is 1. The van der Waals surface area contributed by atoms with Crippen molar-refractivity contribution >= 4 is 87.2 Å². The number of aldehydes is 1. The zero-order chi connectivity index (χ0) is 59.0. The molecule has 4 aromatic rings. The van der Waals surface area contributed by atoms with Crippen LogP contribution in [0.5, 0.6) is 0 Å². The number of H-pyrrole nitrogens is 1. The molecule has 0 amide bonds. The second-order valence-corrected chi connectivity index (χ2v) is 23.2. The minimum absolute atomic E-state index is 0. The number of nitrogens with zero attached hydrogens (tertiary/aromatic N) is 7. The summed E-state index contributed by atoms with van der Waals surface area (Å²) >= 11 is 0. The molecule has 85 heavy (non-hydrogen) atoms. The van der Waals surface area contributed by atoms with Crippen LogP contribution in [0.15, 0.2) is 104 Å². The molecule has 449 valence electrons. The molecule has 0 spiro atoms. The SMILES string of the molecule is CCCCC1=C2C=CC(=N2)C(CCCC)=C2C=CC(=N2)C(CCCC)=c2[nH]c(cc2=CO)C(CCCC)=C2C=CC1=N2.CCCCc1c2nc(c(CCCC)c3cc(C=O)c([n-]3)c(CCCC)c3nc(c(CCCC)c4ccc1[n-]4)C=C3)C=C2.[Cu+2]. The van der Waals surface area contributed by atoms with Gasteiger partial charge in [0.25, 0.3) is 0 Å². The van der Waals surface area contributed by atoms with Gasteiger partial charge in [-0.25, -0.2) is 24.9 Å². The van der Waals surface area contributed by atoms with Crippen molar-refractivity contribution in [3.8, 4) is 0 Å². The number of allylic oxidation sites excluding steroid dienone is 9. The van der Waals surface area contributed by atoms with Crippen LogP contribution in [0.3, 0.4) is 0 Å². The van der Waals surface area contributed by atoms with Gasteiger partial charge in [-0.1, -0.05) is 125 Å². The summed E-state index contributed by atoms with van der Waals surface area (Å²) in [6.07, 6.45) is 48.2. The normalized spacial score (nSPS) is 15.1. The van der Waals surface area contributed by atoms with E-state index in [4.69, 9.17) is 34.9 Å². The van der Waals surface area contributed by atoms with Crippen molar-refractivity contribution in [3.63, 3.8) is 0 Å². The molecule has 0 aromatic carbocycles. The second-order valence-electron chi connectivity index (χ2n) is 23.2. The number of aryl methyl sites for hydroxylation is 4. The summed E-state index contributed by atoms with van der Waals surface area (Å²) in [7, 11) is 0. The fourth-order valence-corrected chi connectivity index (χ4v) is 12.0. The third kappa shape index (κ3) is 14.8. The van der Waals surface area contributed by atoms with Crippen LogP contribution in [0.4, 0.5) is 0 Å². The van der Waals surface area contributed by atoms with Crippen LogP contribution < -0.4 is 20.5 Å². The number of unbranched alkanes of at least 4 members (excludes halogenated alkanes) is 8. The molecular weight excluding hydrogens is 1100 g/mol. The predicted octanol–water partition coefficient (Wildman–Crippen LogP) is 17.6. The quantitative estimate of drug-likeness (QED) is 0.0431. The van der Waals surface area contributed by atoms with E-state index in [1.807, 2.05) is 6.07 Å². The number of nitrogens with one attached hydrogen (secondary N) is 1. The molecule has 0 unspecified atom stereocenters. The van der Waals surface area contributed by atoms with Crippen molar-refractivity contribution in [2.24, 2.45) is 15.0 Å². The molecule has 11 heteroatoms. The maximum Gasteiger partial charge on any atom is 2.00 e. The number of aromatic amines is 1. The molecule has 6 aliphatic heterocycles. The first-order chi connectivity index (χ1) is 41.2. The van der Waals surface area contributed by atoms with E-state index < -0.39 is 0 Å². The second kappa shape index (κ2) is 31.4. The van der Waals surface area contributed by atoms with Gasteiger partial charge in [0.15, 0.2) is 0 Å². The number of aliphatic hydroxyl groups is 1. The summed E-state index contributed by atoms with van der Waals surface area (Å²) in [5.41, 5.74) is 24.5. The molecule has 2 N–H and O–H groups in total. The fraction of sp³-hybridized carbons (Fsp3) is 0.432. The van der Waals surface area contributed by atoms with Gasteiger partial charge in [0, 0.05) is 33.2 Å². The smallest absolute Gasteiger partial charge is 0.657 e. The Morgan fingerprint density at radius 1 is 0.435 bits per heavy atom. The molecule has 0 saturated heterocycles. The standard InChI is InChI=1S/C37H46N4O.C37H45N4O.Cu/c2*1-5-9-13-26-30-17-18-31(38-30)27(14-10-6-2)33-21-22-35(40-33)29(16-12-8-4)37-25(24-42)23-36(41-37)28(15-11-7-3)34-20-19-32(26)39-34;/h17-24,41-42H,5-16H2,1-4H3;17-24H,5-16H2,1-4H3,(H-,38,39,40,41,42);/q;-1;+2/p-1. The van der Waals surface area contributed by atoms with Gasteiger partial charge in [0.1, 0.15) is 6.29 Å². The average molecular weight is 1190 g/mol. The van der Waals surface area contributed by atoms with Gasteiger partial charge >= 0.3 is 17.1 Å². The maximum atomic E-state index is 12.5. The molecule has 10 rings (SSSR count). The van der Waals surface area contributed by atoms with Crippen molar-refractivity contribution in [1.82, 2.24) is 24.9 Å². The van der Waals surface area contributed by atoms with E-state index in [1.54, 1.807) is 0 Å². The summed E-state index contributed by atoms with van der Waals surface area (Å²) < 4.78 is 0. The predicted molar refractivity (Wildman–Crippen MR) is 356 cm³/mol. The third-order valence-corrected chi connectivity index (χ3v) is 16.9. The minimum Gasteiger partial charge on any atom is -0.657 e. The Morgan fingerprint density at radius 2 is 0.812 bits per heavy atom. The monoisotopic (exact) mass is 1190 g/mol. The summed E-state index contributed by atoms with van der Waals surface area (Å²) in [5.74, 6) is 0. The Bertz CT molecular complexity index is 3760. The third-order valence-electron chi connectivity index (χ3n) is 16.9. The number of aliphatic imine (C=N–C) groups is 3. The first-order valence-electron chi connectivity index (χ1n) is 32.3. The molecule has 10 nitrogen and oxygen atoms in total. The Morgan fingerprint density at radius 3 is 1.25 bits per heavy atom. The Hall–Kier alpha value is -6.94. The molecule has 0 atom stereocenters. The van der Waals surface area contributed by atoms with Crippen molar-refractivity contribution in [1.29, 1.82) is 0 Å². The van der Waals surface area contributed by atoms with E-state index in [-0.39, 0.29) is 17.1 Å². The number of aromatic nitrogens is 5. The number of hydrogen-bond donors (Lipinski definition) is 2. The Balaban J connectivity index is 0.000000219. The van der Waals surface area contributed by atoms with Crippen LogP contribution in [0.2, 0.25) is 0 Å². The molecule has 1 radical (unpaired) electrons. The van der Waals surface area contributed by atoms with Crippen LogP contribution in [0, 0.1) is 0 Å². The van der Waals surface area contributed by atoms with Gasteiger partial charge < -0.3 is 20.1 Å². The molecule has 10 heterocycles. The number of fused-ring (bicyclic) bond motifs is 13. The van der Waals surface area contributed by atoms with Gasteiger partial charge in [-0.3, -0.25) is 4.79 Å². The van der Waals surface area contributed by atoms with E-state index in [0.29, 0.717) is 5.56 Å². The zero-order valence-corrected chi connectivity index (χ0v) is 52.9. The zero-order valence-electron chi connectivity index (χ0n) is 52.0. The number of carbonyl (C=O) groups excluding carboxylic acids is 1. The van der Waals surface area contributed by atoms with Gasteiger partial charge in [0.2, 0.25) is 0 Å². The number of hydrogen-bond acceptors (Lipinski definition) is 7. The van der Waals surface area contributed by atoms with E-state index in [0.717, 1.165) is 272 Å². The summed E-state index contributed by atoms with van der Waals surface area (Å²) in [5, 5.41) is 12.2. The van der Waals surface area contributed by atoms with Crippen molar-refractivity contribution in [3.05, 3.63) is 156 Å². The molecule has 0 saturated carbocycles. The van der Waals surface area contributed by atoms with Gasteiger partial charge in [0.05, 0.1) is 68.6 Å². The van der Waals surface area contributed by atoms with Crippen molar-refractivity contribution in [2.45, 2.75) is 209 Å². The van der Waals surface area contributed by atoms with Crippen LogP contribution in [0.1, 0.15) is 245 Å². The average Bonchev–Trinajstić information content (AvgIpc) is 2.62. The first kappa shape index (κ1) is 64.1. The summed E-state index contributed by atoms with van der Waals surface area (Å²) in [6.45, 7) is 17.8. The van der Waals surface area contributed by atoms with Gasteiger partial charge in [-0.15, -0.1) is 22.1 Å². The van der Waals surface area contributed by atoms with E-state index in [1.165, 1.54) is 34.1 Å². The largest absolute Gasteiger partial charge is 2.00 e. The van der Waals surface area contributed by atoms with E-state index in [9.17, 15) is 9.90 Å². The topological polar surface area (TPSA) is 144 Å². The molecular formula is C74H90CuN8O2. The molecule has 0 aliphatic carbocycles. The van der Waals surface area contributed by atoms with Crippen LogP contribution in [-0.2, 0) is 42.8 Å². The van der Waals surface area contributed by atoms with E-state index >= 15 is 0 Å².